The molecule has 1 nitrogen and oxygen atoms in total. The molecule has 0 N–H and O–H groups in total. The zero-order valence-electron chi connectivity index (χ0n) is 6.27. The van der Waals surface area contributed by atoms with Crippen LogP contribution in [-0.4, -0.2) is 4.62 Å². The van der Waals surface area contributed by atoms with Crippen LogP contribution in [0.3, 0.4) is 0 Å². The summed E-state index contributed by atoms with van der Waals surface area (Å²) in [4.78, 5) is 4.19. The molecule has 0 unspecified atom stereocenters. The van der Waals surface area contributed by atoms with E-state index >= 15 is 0 Å². The van der Waals surface area contributed by atoms with Crippen molar-refractivity contribution in [2.24, 2.45) is 4.99 Å². The van der Waals surface area contributed by atoms with E-state index in [0.717, 1.165) is 22.1 Å². The SMILES string of the molecule is CCC=C1C=C(Br)N=C(Br)C1. The zero-order chi connectivity index (χ0) is 8.27. The first-order valence-electron chi connectivity index (χ1n) is 3.51. The Morgan fingerprint density at radius 2 is 2.36 bits per heavy atom. The highest BCUT2D eigenvalue weighted by molar-refractivity contribution is 9.18. The van der Waals surface area contributed by atoms with Gasteiger partial charge in [-0.1, -0.05) is 13.0 Å². The van der Waals surface area contributed by atoms with Gasteiger partial charge in [0, 0.05) is 6.42 Å². The Kier molecular flexibility index (Phi) is 3.52. The largest absolute Gasteiger partial charge is 0.238 e. The van der Waals surface area contributed by atoms with Crippen molar-refractivity contribution in [2.75, 3.05) is 0 Å². The number of aliphatic imine (C=N–C) groups is 1. The van der Waals surface area contributed by atoms with Gasteiger partial charge in [-0.3, -0.25) is 0 Å². The molecule has 11 heavy (non-hydrogen) atoms. The van der Waals surface area contributed by atoms with Gasteiger partial charge in [0.05, 0.1) is 4.62 Å². The lowest BCUT2D eigenvalue weighted by molar-refractivity contribution is 1.17. The molecule has 0 aromatic rings. The average Bonchev–Trinajstić information content (AvgIpc) is 1.85. The van der Waals surface area contributed by atoms with Crippen molar-refractivity contribution in [2.45, 2.75) is 19.8 Å². The Bertz CT molecular complexity index is 238. The first-order chi connectivity index (χ1) is 5.22. The van der Waals surface area contributed by atoms with Crippen LogP contribution in [-0.2, 0) is 0 Å². The summed E-state index contributed by atoms with van der Waals surface area (Å²) in [6, 6.07) is 0. The highest BCUT2D eigenvalue weighted by Crippen LogP contribution is 2.22. The molecule has 0 aromatic heterocycles. The number of allylic oxidation sites excluding steroid dienone is 3. The van der Waals surface area contributed by atoms with E-state index < -0.39 is 0 Å². The molecule has 1 heterocycles. The average molecular weight is 279 g/mol. The summed E-state index contributed by atoms with van der Waals surface area (Å²) >= 11 is 6.72. The molecule has 60 valence electrons. The zero-order valence-corrected chi connectivity index (χ0v) is 9.44. The number of rotatable bonds is 1. The smallest absolute Gasteiger partial charge is 0.107 e. The van der Waals surface area contributed by atoms with Gasteiger partial charge in [-0.15, -0.1) is 0 Å². The first kappa shape index (κ1) is 9.20. The van der Waals surface area contributed by atoms with Crippen LogP contribution < -0.4 is 0 Å². The Labute approximate surface area is 83.5 Å². The van der Waals surface area contributed by atoms with Crippen molar-refractivity contribution >= 4 is 36.5 Å². The molecule has 0 saturated carbocycles. The molecular weight excluding hydrogens is 270 g/mol. The lowest BCUT2D eigenvalue weighted by atomic mass is 10.1. The Hall–Kier alpha value is 0.110. The van der Waals surface area contributed by atoms with Crippen LogP contribution in [0.25, 0.3) is 0 Å². The van der Waals surface area contributed by atoms with Gasteiger partial charge in [-0.2, -0.15) is 0 Å². The van der Waals surface area contributed by atoms with Crippen LogP contribution in [0.5, 0.6) is 0 Å². The molecular formula is C8H9Br2N. The summed E-state index contributed by atoms with van der Waals surface area (Å²) in [6.07, 6.45) is 6.25. The minimum absolute atomic E-state index is 0.898. The Morgan fingerprint density at radius 1 is 1.64 bits per heavy atom. The van der Waals surface area contributed by atoms with Gasteiger partial charge < -0.3 is 0 Å². The fourth-order valence-electron chi connectivity index (χ4n) is 0.953. The number of halogens is 2. The van der Waals surface area contributed by atoms with E-state index in [1.54, 1.807) is 0 Å². The van der Waals surface area contributed by atoms with Crippen molar-refractivity contribution in [3.8, 4) is 0 Å². The summed E-state index contributed by atoms with van der Waals surface area (Å²) < 4.78 is 1.89. The van der Waals surface area contributed by atoms with E-state index in [4.69, 9.17) is 0 Å². The summed E-state index contributed by atoms with van der Waals surface area (Å²) in [5, 5.41) is 0. The third-order valence-corrected chi connectivity index (χ3v) is 2.21. The van der Waals surface area contributed by atoms with Gasteiger partial charge in [0.1, 0.15) is 4.61 Å². The second-order valence-corrected chi connectivity index (χ2v) is 4.05. The highest BCUT2D eigenvalue weighted by Gasteiger charge is 2.05. The molecule has 1 aliphatic heterocycles. The maximum atomic E-state index is 4.19. The topological polar surface area (TPSA) is 12.4 Å². The molecule has 0 fully saturated rings. The van der Waals surface area contributed by atoms with E-state index in [0.29, 0.717) is 0 Å². The summed E-state index contributed by atoms with van der Waals surface area (Å²) in [5.74, 6) is 0. The van der Waals surface area contributed by atoms with Crippen LogP contribution >= 0.6 is 31.9 Å². The fourth-order valence-corrected chi connectivity index (χ4v) is 2.21. The molecule has 0 saturated heterocycles. The van der Waals surface area contributed by atoms with Gasteiger partial charge in [0.15, 0.2) is 0 Å². The fraction of sp³-hybridized carbons (Fsp3) is 0.375. The number of nitrogens with zero attached hydrogens (tertiary/aromatic N) is 1. The van der Waals surface area contributed by atoms with Crippen molar-refractivity contribution in [1.29, 1.82) is 0 Å². The van der Waals surface area contributed by atoms with Crippen LogP contribution in [0.1, 0.15) is 19.8 Å². The van der Waals surface area contributed by atoms with Crippen molar-refractivity contribution in [1.82, 2.24) is 0 Å². The molecule has 3 heteroatoms. The molecule has 1 aliphatic rings. The normalized spacial score (nSPS) is 21.5. The van der Waals surface area contributed by atoms with Gasteiger partial charge in [-0.05, 0) is 49.9 Å². The summed E-state index contributed by atoms with van der Waals surface area (Å²) in [6.45, 7) is 2.13. The standard InChI is InChI=1S/C8H9Br2N/c1-2-3-6-4-7(9)11-8(10)5-6/h3-4H,2,5H2,1H3. The van der Waals surface area contributed by atoms with Crippen LogP contribution in [0.15, 0.2) is 27.3 Å². The third-order valence-electron chi connectivity index (χ3n) is 1.35. The maximum Gasteiger partial charge on any atom is 0.107 e. The van der Waals surface area contributed by atoms with E-state index in [-0.39, 0.29) is 0 Å². The lowest BCUT2D eigenvalue weighted by Crippen LogP contribution is -1.95. The minimum atomic E-state index is 0.898. The molecule has 0 atom stereocenters. The predicted octanol–water partition coefficient (Wildman–Crippen LogP) is 3.76. The first-order valence-corrected chi connectivity index (χ1v) is 5.10. The van der Waals surface area contributed by atoms with Crippen molar-refractivity contribution in [3.05, 3.63) is 22.3 Å². The lowest BCUT2D eigenvalue weighted by Gasteiger charge is -2.06. The molecule has 0 aliphatic carbocycles. The monoisotopic (exact) mass is 277 g/mol. The maximum absolute atomic E-state index is 4.19. The molecule has 1 rings (SSSR count). The molecule has 0 radical (unpaired) electrons. The Balaban J connectivity index is 2.79. The third kappa shape index (κ3) is 2.91. The summed E-state index contributed by atoms with van der Waals surface area (Å²) in [5.41, 5.74) is 1.32. The van der Waals surface area contributed by atoms with Crippen LogP contribution in [0.2, 0.25) is 0 Å². The van der Waals surface area contributed by atoms with E-state index in [2.05, 4.69) is 49.9 Å². The second-order valence-electron chi connectivity index (χ2n) is 2.32. The van der Waals surface area contributed by atoms with Gasteiger partial charge in [0.25, 0.3) is 0 Å². The van der Waals surface area contributed by atoms with Gasteiger partial charge in [0.2, 0.25) is 0 Å². The predicted molar refractivity (Wildman–Crippen MR) is 56.4 cm³/mol. The van der Waals surface area contributed by atoms with Gasteiger partial charge >= 0.3 is 0 Å². The molecule has 0 amide bonds. The molecule has 0 spiro atoms. The summed E-state index contributed by atoms with van der Waals surface area (Å²) in [7, 11) is 0. The second kappa shape index (κ2) is 4.21. The number of hydrogen-bond donors (Lipinski definition) is 0. The molecule has 0 bridgehead atoms. The van der Waals surface area contributed by atoms with Gasteiger partial charge in [-0.25, -0.2) is 4.99 Å². The quantitative estimate of drug-likeness (QED) is 0.648. The van der Waals surface area contributed by atoms with Crippen LogP contribution in [0.4, 0.5) is 0 Å². The van der Waals surface area contributed by atoms with Crippen molar-refractivity contribution < 1.29 is 0 Å². The molecule has 0 aromatic carbocycles. The van der Waals surface area contributed by atoms with E-state index in [1.807, 2.05) is 6.08 Å². The van der Waals surface area contributed by atoms with E-state index in [1.165, 1.54) is 5.57 Å². The van der Waals surface area contributed by atoms with Crippen molar-refractivity contribution in [3.63, 3.8) is 0 Å². The number of hydrogen-bond acceptors (Lipinski definition) is 1. The van der Waals surface area contributed by atoms with E-state index in [9.17, 15) is 0 Å². The Morgan fingerprint density at radius 3 is 2.91 bits per heavy atom. The minimum Gasteiger partial charge on any atom is -0.238 e. The van der Waals surface area contributed by atoms with Crippen LogP contribution in [0, 0.1) is 0 Å². The highest BCUT2D eigenvalue weighted by atomic mass is 79.9.